The number of nitrogen functional groups attached to an aromatic ring is 1. The number of fused-ring (bicyclic) bond motifs is 1. The number of aromatic nitrogens is 3. The molecule has 0 atom stereocenters. The van der Waals surface area contributed by atoms with Gasteiger partial charge in [-0.05, 0) is 30.7 Å². The Morgan fingerprint density at radius 3 is 2.39 bits per heavy atom. The number of hydrogen-bond acceptors (Lipinski definition) is 4. The van der Waals surface area contributed by atoms with Crippen molar-refractivity contribution < 1.29 is 0 Å². The lowest BCUT2D eigenvalue weighted by Crippen LogP contribution is -2.00. The second-order valence-electron chi connectivity index (χ2n) is 5.21. The molecule has 0 spiro atoms. The second-order valence-corrected chi connectivity index (χ2v) is 5.21. The summed E-state index contributed by atoms with van der Waals surface area (Å²) < 4.78 is 0. The van der Waals surface area contributed by atoms with Gasteiger partial charge < -0.3 is 5.73 Å². The smallest absolute Gasteiger partial charge is 0.163 e. The van der Waals surface area contributed by atoms with E-state index in [2.05, 4.69) is 16.5 Å². The Labute approximate surface area is 168 Å². The summed E-state index contributed by atoms with van der Waals surface area (Å²) in [6, 6.07) is 9.71. The molecule has 1 aromatic carbocycles. The first kappa shape index (κ1) is 22.8. The van der Waals surface area contributed by atoms with Crippen molar-refractivity contribution in [2.24, 2.45) is 0 Å². The van der Waals surface area contributed by atoms with Crippen molar-refractivity contribution in [2.45, 2.75) is 34.6 Å². The van der Waals surface area contributed by atoms with Crippen molar-refractivity contribution in [3.05, 3.63) is 79.2 Å². The summed E-state index contributed by atoms with van der Waals surface area (Å²) in [6.07, 6.45) is 11.1. The zero-order valence-corrected chi connectivity index (χ0v) is 17.5. The topological polar surface area (TPSA) is 64.7 Å². The van der Waals surface area contributed by atoms with Crippen LogP contribution < -0.4 is 5.73 Å². The number of nitrogens with two attached hydrogens (primary N) is 1. The molecule has 0 aliphatic heterocycles. The van der Waals surface area contributed by atoms with E-state index in [9.17, 15) is 0 Å². The van der Waals surface area contributed by atoms with E-state index in [-0.39, 0.29) is 0 Å². The zero-order chi connectivity index (χ0) is 20.9. The van der Waals surface area contributed by atoms with Crippen LogP contribution in [0.4, 0.5) is 5.82 Å². The molecule has 28 heavy (non-hydrogen) atoms. The van der Waals surface area contributed by atoms with Crippen LogP contribution in [0.5, 0.6) is 0 Å². The average molecular weight is 375 g/mol. The van der Waals surface area contributed by atoms with E-state index in [0.29, 0.717) is 11.6 Å². The molecular formula is C24H30N4. The number of para-hydroxylation sites is 1. The summed E-state index contributed by atoms with van der Waals surface area (Å²) in [5.74, 6) is 1.03. The van der Waals surface area contributed by atoms with Crippen LogP contribution in [0.3, 0.4) is 0 Å². The minimum atomic E-state index is 0.462. The molecule has 0 radical (unpaired) electrons. The van der Waals surface area contributed by atoms with Crippen LogP contribution in [-0.2, 0) is 0 Å². The van der Waals surface area contributed by atoms with E-state index in [1.165, 1.54) is 0 Å². The third-order valence-corrected chi connectivity index (χ3v) is 3.71. The van der Waals surface area contributed by atoms with E-state index in [4.69, 9.17) is 10.7 Å². The minimum Gasteiger partial charge on any atom is -0.383 e. The number of benzene rings is 1. The largest absolute Gasteiger partial charge is 0.383 e. The van der Waals surface area contributed by atoms with Crippen molar-refractivity contribution >= 4 is 22.3 Å². The van der Waals surface area contributed by atoms with Crippen LogP contribution in [0.25, 0.3) is 27.9 Å². The van der Waals surface area contributed by atoms with Crippen LogP contribution in [0.2, 0.25) is 0 Å². The molecule has 4 heteroatoms. The quantitative estimate of drug-likeness (QED) is 0.531. The lowest BCUT2D eigenvalue weighted by Gasteiger charge is -2.10. The van der Waals surface area contributed by atoms with Crippen molar-refractivity contribution in [2.75, 3.05) is 5.73 Å². The highest BCUT2D eigenvalue weighted by Crippen LogP contribution is 2.29. The molecule has 146 valence electrons. The third-order valence-electron chi connectivity index (χ3n) is 3.71. The van der Waals surface area contributed by atoms with Gasteiger partial charge in [-0.2, -0.15) is 0 Å². The maximum Gasteiger partial charge on any atom is 0.163 e. The Morgan fingerprint density at radius 1 is 1.04 bits per heavy atom. The lowest BCUT2D eigenvalue weighted by molar-refractivity contribution is 1.21. The summed E-state index contributed by atoms with van der Waals surface area (Å²) in [5, 5.41) is 0.839. The average Bonchev–Trinajstić information content (AvgIpc) is 2.78. The summed E-state index contributed by atoms with van der Waals surface area (Å²) >= 11 is 0. The normalized spacial score (nSPS) is 10.7. The maximum absolute atomic E-state index is 6.18. The Balaban J connectivity index is 0.000000921. The number of nitrogens with zero attached hydrogens (tertiary/aromatic N) is 3. The van der Waals surface area contributed by atoms with Gasteiger partial charge in [-0.3, -0.25) is 4.98 Å². The van der Waals surface area contributed by atoms with Crippen molar-refractivity contribution in [3.8, 4) is 11.4 Å². The minimum absolute atomic E-state index is 0.462. The van der Waals surface area contributed by atoms with Gasteiger partial charge in [-0.25, -0.2) is 9.97 Å². The van der Waals surface area contributed by atoms with E-state index in [1.54, 1.807) is 18.5 Å². The van der Waals surface area contributed by atoms with E-state index >= 15 is 0 Å². The summed E-state index contributed by atoms with van der Waals surface area (Å²) in [7, 11) is 0. The Hall–Kier alpha value is -3.27. The first-order valence-electron chi connectivity index (χ1n) is 9.67. The van der Waals surface area contributed by atoms with Gasteiger partial charge in [0.05, 0.1) is 5.52 Å². The van der Waals surface area contributed by atoms with Gasteiger partial charge in [0.1, 0.15) is 5.82 Å². The molecule has 0 bridgehead atoms. The summed E-state index contributed by atoms with van der Waals surface area (Å²) in [5.41, 5.74) is 9.90. The number of allylic oxidation sites excluding steroid dienone is 5. The zero-order valence-electron chi connectivity index (χ0n) is 17.5. The molecule has 3 aromatic rings. The molecule has 0 aliphatic carbocycles. The monoisotopic (exact) mass is 374 g/mol. The molecule has 0 amide bonds. The molecule has 0 saturated carbocycles. The first-order chi connectivity index (χ1) is 13.7. The Bertz CT molecular complexity index is 941. The molecular weight excluding hydrogens is 344 g/mol. The second kappa shape index (κ2) is 12.2. The molecule has 0 unspecified atom stereocenters. The maximum atomic E-state index is 6.18. The summed E-state index contributed by atoms with van der Waals surface area (Å²) in [4.78, 5) is 13.3. The van der Waals surface area contributed by atoms with Crippen LogP contribution in [-0.4, -0.2) is 15.0 Å². The fourth-order valence-corrected chi connectivity index (χ4v) is 2.55. The first-order valence-corrected chi connectivity index (χ1v) is 9.67. The van der Waals surface area contributed by atoms with E-state index in [0.717, 1.165) is 27.6 Å². The van der Waals surface area contributed by atoms with Crippen LogP contribution >= 0.6 is 0 Å². The van der Waals surface area contributed by atoms with Gasteiger partial charge in [0.25, 0.3) is 0 Å². The molecule has 0 fully saturated rings. The number of rotatable bonds is 4. The van der Waals surface area contributed by atoms with Crippen molar-refractivity contribution in [1.29, 1.82) is 0 Å². The van der Waals surface area contributed by atoms with E-state index in [1.807, 2.05) is 83.2 Å². The summed E-state index contributed by atoms with van der Waals surface area (Å²) in [6.45, 7) is 13.7. The molecule has 0 aliphatic rings. The van der Waals surface area contributed by atoms with Crippen LogP contribution in [0.1, 0.15) is 40.2 Å². The molecule has 2 N–H and O–H groups in total. The number of anilines is 1. The van der Waals surface area contributed by atoms with Gasteiger partial charge in [0.15, 0.2) is 5.82 Å². The highest BCUT2D eigenvalue weighted by molar-refractivity contribution is 5.98. The van der Waals surface area contributed by atoms with Gasteiger partial charge in [0.2, 0.25) is 0 Å². The molecule has 4 nitrogen and oxygen atoms in total. The highest BCUT2D eigenvalue weighted by atomic mass is 14.9. The van der Waals surface area contributed by atoms with Gasteiger partial charge in [-0.1, -0.05) is 70.7 Å². The number of pyridine rings is 1. The van der Waals surface area contributed by atoms with Crippen molar-refractivity contribution in [1.82, 2.24) is 15.0 Å². The van der Waals surface area contributed by atoms with Gasteiger partial charge >= 0.3 is 0 Å². The Kier molecular flexibility index (Phi) is 9.90. The van der Waals surface area contributed by atoms with Gasteiger partial charge in [0, 0.05) is 28.9 Å². The predicted molar refractivity (Wildman–Crippen MR) is 123 cm³/mol. The van der Waals surface area contributed by atoms with E-state index < -0.39 is 0 Å². The molecule has 3 rings (SSSR count). The van der Waals surface area contributed by atoms with Crippen LogP contribution in [0, 0.1) is 0 Å². The molecule has 2 aromatic heterocycles. The Morgan fingerprint density at radius 2 is 1.79 bits per heavy atom. The van der Waals surface area contributed by atoms with Crippen LogP contribution in [0.15, 0.2) is 73.6 Å². The third kappa shape index (κ3) is 5.36. The fraction of sp³-hybridized carbons (Fsp3) is 0.208. The predicted octanol–water partition coefficient (Wildman–Crippen LogP) is 6.47. The highest BCUT2D eigenvalue weighted by Gasteiger charge is 2.12. The van der Waals surface area contributed by atoms with Crippen molar-refractivity contribution in [3.63, 3.8) is 0 Å². The molecule has 0 saturated heterocycles. The fourth-order valence-electron chi connectivity index (χ4n) is 2.55. The molecule has 2 heterocycles. The SMILES string of the molecule is C=C/C=C\C(=C/C)c1cccc2c(N)nc(-c3cccnc3)nc12.CC.CC. The van der Waals surface area contributed by atoms with Gasteiger partial charge in [-0.15, -0.1) is 0 Å². The standard InChI is InChI=1S/C20H18N4.2C2H6/c1-3-5-8-14(4-2)16-10-6-11-17-18(16)23-20(24-19(17)21)15-9-7-12-22-13-15;2*1-2/h3-13H,1H2,2H3,(H2,21,23,24);2*1-2H3/b8-5-,14-4+;;. The lowest BCUT2D eigenvalue weighted by atomic mass is 10.0. The number of hydrogen-bond donors (Lipinski definition) is 1.